The molecule has 21 heavy (non-hydrogen) atoms. The monoisotopic (exact) mass is 290 g/mol. The highest BCUT2D eigenvalue weighted by molar-refractivity contribution is 5.88. The quantitative estimate of drug-likeness (QED) is 0.916. The maximum Gasteiger partial charge on any atom is 0.335 e. The van der Waals surface area contributed by atoms with E-state index in [-0.39, 0.29) is 17.9 Å². The van der Waals surface area contributed by atoms with Gasteiger partial charge in [-0.1, -0.05) is 12.1 Å². The van der Waals surface area contributed by atoms with Crippen LogP contribution in [0.2, 0.25) is 0 Å². The van der Waals surface area contributed by atoms with E-state index in [0.717, 1.165) is 5.56 Å². The van der Waals surface area contributed by atoms with Crippen molar-refractivity contribution >= 4 is 5.97 Å². The number of hydrogen-bond donors (Lipinski definition) is 1. The van der Waals surface area contributed by atoms with Crippen LogP contribution in [-0.4, -0.2) is 18.2 Å². The number of carboxylic acids is 1. The maximum atomic E-state index is 13.6. The molecule has 0 saturated carbocycles. The van der Waals surface area contributed by atoms with Crippen LogP contribution < -0.4 is 9.47 Å². The van der Waals surface area contributed by atoms with Gasteiger partial charge >= 0.3 is 5.97 Å². The van der Waals surface area contributed by atoms with Crippen molar-refractivity contribution in [1.82, 2.24) is 0 Å². The van der Waals surface area contributed by atoms with Gasteiger partial charge in [-0.05, 0) is 42.3 Å². The van der Waals surface area contributed by atoms with Crippen molar-refractivity contribution in [2.24, 2.45) is 0 Å². The summed E-state index contributed by atoms with van der Waals surface area (Å²) < 4.78 is 24.0. The lowest BCUT2D eigenvalue weighted by atomic mass is 10.1. The number of carboxylic acid groups (broad SMARTS) is 1. The van der Waals surface area contributed by atoms with Gasteiger partial charge in [0.15, 0.2) is 11.6 Å². The minimum Gasteiger partial charge on any atom is -0.494 e. The van der Waals surface area contributed by atoms with Crippen LogP contribution in [-0.2, 0) is 6.61 Å². The summed E-state index contributed by atoms with van der Waals surface area (Å²) in [5, 5.41) is 8.96. The smallest absolute Gasteiger partial charge is 0.335 e. The van der Waals surface area contributed by atoms with Gasteiger partial charge in [-0.25, -0.2) is 9.18 Å². The number of methoxy groups -OCH3 is 1. The van der Waals surface area contributed by atoms with Crippen LogP contribution in [0.3, 0.4) is 0 Å². The number of carbonyl (C=O) groups is 1. The van der Waals surface area contributed by atoms with Crippen LogP contribution in [0.5, 0.6) is 11.5 Å². The van der Waals surface area contributed by atoms with Crippen LogP contribution in [0.25, 0.3) is 0 Å². The number of ether oxygens (including phenoxy) is 2. The Labute approximate surface area is 121 Å². The number of benzene rings is 2. The van der Waals surface area contributed by atoms with E-state index >= 15 is 0 Å². The number of aromatic carboxylic acids is 1. The first-order valence-corrected chi connectivity index (χ1v) is 6.30. The fraction of sp³-hybridized carbons (Fsp3) is 0.188. The van der Waals surface area contributed by atoms with Crippen molar-refractivity contribution in [2.75, 3.05) is 7.11 Å². The van der Waals surface area contributed by atoms with Gasteiger partial charge in [0.05, 0.1) is 12.7 Å². The molecular weight excluding hydrogens is 275 g/mol. The summed E-state index contributed by atoms with van der Waals surface area (Å²) in [5.41, 5.74) is 1.60. The Kier molecular flexibility index (Phi) is 4.42. The van der Waals surface area contributed by atoms with Gasteiger partial charge in [-0.2, -0.15) is 0 Å². The lowest BCUT2D eigenvalue weighted by molar-refractivity contribution is 0.0696. The van der Waals surface area contributed by atoms with Crippen molar-refractivity contribution in [3.8, 4) is 11.5 Å². The molecule has 110 valence electrons. The third-order valence-electron chi connectivity index (χ3n) is 3.05. The maximum absolute atomic E-state index is 13.6. The molecule has 4 nitrogen and oxygen atoms in total. The molecule has 0 unspecified atom stereocenters. The van der Waals surface area contributed by atoms with E-state index in [1.807, 2.05) is 6.92 Å². The zero-order valence-electron chi connectivity index (χ0n) is 11.7. The van der Waals surface area contributed by atoms with Gasteiger partial charge in [0.25, 0.3) is 0 Å². The molecule has 0 saturated heterocycles. The van der Waals surface area contributed by atoms with Gasteiger partial charge in [0.2, 0.25) is 0 Å². The predicted octanol–water partition coefficient (Wildman–Crippen LogP) is 3.42. The van der Waals surface area contributed by atoms with E-state index in [1.165, 1.54) is 31.4 Å². The molecule has 0 amide bonds. The number of aryl methyl sites for hydroxylation is 1. The topological polar surface area (TPSA) is 55.8 Å². The highest BCUT2D eigenvalue weighted by Gasteiger charge is 2.08. The number of halogens is 1. The van der Waals surface area contributed by atoms with Gasteiger partial charge < -0.3 is 14.6 Å². The van der Waals surface area contributed by atoms with Crippen molar-refractivity contribution in [3.05, 3.63) is 58.9 Å². The summed E-state index contributed by atoms with van der Waals surface area (Å²) in [5.74, 6) is -0.848. The van der Waals surface area contributed by atoms with Gasteiger partial charge in [-0.15, -0.1) is 0 Å². The van der Waals surface area contributed by atoms with Gasteiger partial charge in [-0.3, -0.25) is 0 Å². The molecule has 5 heteroatoms. The molecule has 0 fully saturated rings. The molecule has 0 atom stereocenters. The first kappa shape index (κ1) is 14.8. The fourth-order valence-corrected chi connectivity index (χ4v) is 1.85. The van der Waals surface area contributed by atoms with E-state index < -0.39 is 11.8 Å². The Morgan fingerprint density at radius 1 is 1.19 bits per heavy atom. The van der Waals surface area contributed by atoms with Gasteiger partial charge in [0.1, 0.15) is 12.4 Å². The summed E-state index contributed by atoms with van der Waals surface area (Å²) in [6, 6.07) is 9.19. The Morgan fingerprint density at radius 3 is 2.57 bits per heavy atom. The molecule has 1 N–H and O–H groups in total. The lowest BCUT2D eigenvalue weighted by Crippen LogP contribution is -2.01. The lowest BCUT2D eigenvalue weighted by Gasteiger charge is -2.11. The molecule has 2 rings (SSSR count). The Balaban J connectivity index is 2.14. The van der Waals surface area contributed by atoms with E-state index in [4.69, 9.17) is 14.6 Å². The van der Waals surface area contributed by atoms with Crippen LogP contribution in [0.15, 0.2) is 36.4 Å². The molecule has 2 aromatic carbocycles. The number of rotatable bonds is 5. The van der Waals surface area contributed by atoms with Crippen LogP contribution in [0, 0.1) is 12.7 Å². The second-order valence-corrected chi connectivity index (χ2v) is 4.54. The fourth-order valence-electron chi connectivity index (χ4n) is 1.85. The molecule has 0 aliphatic carbocycles. The third kappa shape index (κ3) is 3.51. The molecule has 2 aromatic rings. The van der Waals surface area contributed by atoms with E-state index in [9.17, 15) is 9.18 Å². The average Bonchev–Trinajstić information content (AvgIpc) is 2.46. The summed E-state index contributed by atoms with van der Waals surface area (Å²) in [6.45, 7) is 1.96. The Morgan fingerprint density at radius 2 is 1.95 bits per heavy atom. The highest BCUT2D eigenvalue weighted by Crippen LogP contribution is 2.22. The zero-order chi connectivity index (χ0) is 15.4. The van der Waals surface area contributed by atoms with Gasteiger partial charge in [0, 0.05) is 0 Å². The van der Waals surface area contributed by atoms with Crippen molar-refractivity contribution < 1.29 is 23.8 Å². The molecular formula is C16H15FO4. The third-order valence-corrected chi connectivity index (χ3v) is 3.05. The van der Waals surface area contributed by atoms with Crippen molar-refractivity contribution in [2.45, 2.75) is 13.5 Å². The summed E-state index contributed by atoms with van der Waals surface area (Å²) in [4.78, 5) is 10.9. The highest BCUT2D eigenvalue weighted by atomic mass is 19.1. The molecule has 0 bridgehead atoms. The predicted molar refractivity (Wildman–Crippen MR) is 75.4 cm³/mol. The Bertz CT molecular complexity index is 667. The second-order valence-electron chi connectivity index (χ2n) is 4.54. The molecule has 0 aromatic heterocycles. The van der Waals surface area contributed by atoms with Crippen LogP contribution in [0.1, 0.15) is 21.5 Å². The van der Waals surface area contributed by atoms with Crippen LogP contribution in [0.4, 0.5) is 4.39 Å². The summed E-state index contributed by atoms with van der Waals surface area (Å²) >= 11 is 0. The van der Waals surface area contributed by atoms with E-state index in [2.05, 4.69) is 0 Å². The SMILES string of the molecule is COc1ccc(COc2cc(C(=O)O)ccc2C)cc1F. The number of hydrogen-bond acceptors (Lipinski definition) is 3. The largest absolute Gasteiger partial charge is 0.494 e. The van der Waals surface area contributed by atoms with E-state index in [1.54, 1.807) is 12.1 Å². The molecule has 0 spiro atoms. The normalized spacial score (nSPS) is 10.2. The Hall–Kier alpha value is -2.56. The minimum atomic E-state index is -1.02. The van der Waals surface area contributed by atoms with E-state index in [0.29, 0.717) is 11.3 Å². The molecule has 0 aliphatic heterocycles. The minimum absolute atomic E-state index is 0.144. The van der Waals surface area contributed by atoms with Crippen LogP contribution >= 0.6 is 0 Å². The first-order chi connectivity index (χ1) is 10.0. The molecule has 0 heterocycles. The second kappa shape index (κ2) is 6.26. The van der Waals surface area contributed by atoms with Crippen molar-refractivity contribution in [1.29, 1.82) is 0 Å². The summed E-state index contributed by atoms with van der Waals surface area (Å²) in [6.07, 6.45) is 0. The standard InChI is InChI=1S/C16H15FO4/c1-10-3-5-12(16(18)19)8-15(10)21-9-11-4-6-14(20-2)13(17)7-11/h3-8H,9H2,1-2H3,(H,18,19). The zero-order valence-corrected chi connectivity index (χ0v) is 11.7. The molecule has 0 radical (unpaired) electrons. The summed E-state index contributed by atoms with van der Waals surface area (Å²) in [7, 11) is 1.40. The average molecular weight is 290 g/mol. The molecule has 0 aliphatic rings. The van der Waals surface area contributed by atoms with Crippen molar-refractivity contribution in [3.63, 3.8) is 0 Å². The first-order valence-electron chi connectivity index (χ1n) is 6.30.